The first-order valence-electron chi connectivity index (χ1n) is 6.91. The highest BCUT2D eigenvalue weighted by molar-refractivity contribution is 6.33. The van der Waals surface area contributed by atoms with Gasteiger partial charge in [-0.2, -0.15) is 0 Å². The van der Waals surface area contributed by atoms with Crippen molar-refractivity contribution in [2.24, 2.45) is 0 Å². The van der Waals surface area contributed by atoms with Crippen LogP contribution in [0, 0.1) is 0 Å². The Balaban J connectivity index is 1.97. The van der Waals surface area contributed by atoms with Crippen LogP contribution in [0.2, 0.25) is 5.02 Å². The van der Waals surface area contributed by atoms with Gasteiger partial charge in [0.1, 0.15) is 5.75 Å². The summed E-state index contributed by atoms with van der Waals surface area (Å²) in [6.07, 6.45) is -0.958. The van der Waals surface area contributed by atoms with Crippen LogP contribution in [0.15, 0.2) is 48.5 Å². The highest BCUT2D eigenvalue weighted by atomic mass is 35.5. The minimum atomic E-state index is -0.958. The topological polar surface area (TPSA) is 64.6 Å². The normalized spacial score (nSPS) is 11.4. The van der Waals surface area contributed by atoms with Crippen molar-refractivity contribution in [2.45, 2.75) is 13.0 Å². The second kappa shape index (κ2) is 7.65. The first-order chi connectivity index (χ1) is 11.0. The molecule has 0 aliphatic rings. The van der Waals surface area contributed by atoms with Gasteiger partial charge in [0.2, 0.25) is 0 Å². The third kappa shape index (κ3) is 4.47. The number of esters is 1. The van der Waals surface area contributed by atoms with Crippen LogP contribution in [0.3, 0.4) is 0 Å². The molecule has 0 aliphatic carbocycles. The van der Waals surface area contributed by atoms with E-state index in [2.05, 4.69) is 5.32 Å². The van der Waals surface area contributed by atoms with Gasteiger partial charge in [0.15, 0.2) is 6.10 Å². The first kappa shape index (κ1) is 16.8. The summed E-state index contributed by atoms with van der Waals surface area (Å²) in [6, 6.07) is 13.2. The average Bonchev–Trinajstić information content (AvgIpc) is 2.56. The van der Waals surface area contributed by atoms with Crippen molar-refractivity contribution in [3.8, 4) is 5.75 Å². The lowest BCUT2D eigenvalue weighted by molar-refractivity contribution is -0.123. The summed E-state index contributed by atoms with van der Waals surface area (Å²) < 4.78 is 10.2. The predicted octanol–water partition coefficient (Wildman–Crippen LogP) is 3.53. The minimum absolute atomic E-state index is 0.336. The van der Waals surface area contributed by atoms with E-state index in [1.54, 1.807) is 48.5 Å². The molecule has 1 amide bonds. The quantitative estimate of drug-likeness (QED) is 0.850. The molecular weight excluding hydrogens is 318 g/mol. The molecule has 0 aromatic heterocycles. The lowest BCUT2D eigenvalue weighted by atomic mass is 10.2. The molecule has 0 bridgehead atoms. The molecule has 5 nitrogen and oxygen atoms in total. The summed E-state index contributed by atoms with van der Waals surface area (Å²) >= 11 is 5.97. The molecular formula is C17H16ClNO4. The van der Waals surface area contributed by atoms with Crippen LogP contribution in [0.5, 0.6) is 5.75 Å². The second-order valence-electron chi connectivity index (χ2n) is 4.75. The standard InChI is InChI=1S/C17H16ClNO4/c1-11(16(20)19-15-6-4-3-5-14(15)18)23-17(21)12-7-9-13(22-2)10-8-12/h3-11H,1-2H3,(H,19,20)/t11-/m1/s1. The fourth-order valence-corrected chi connectivity index (χ4v) is 1.99. The third-order valence-corrected chi connectivity index (χ3v) is 3.44. The van der Waals surface area contributed by atoms with Gasteiger partial charge in [0.25, 0.3) is 5.91 Å². The molecule has 2 aromatic carbocycles. The van der Waals surface area contributed by atoms with Crippen LogP contribution in [0.1, 0.15) is 17.3 Å². The zero-order valence-corrected chi connectivity index (χ0v) is 13.5. The molecule has 6 heteroatoms. The molecule has 1 atom stereocenters. The number of hydrogen-bond donors (Lipinski definition) is 1. The van der Waals surface area contributed by atoms with Gasteiger partial charge in [0, 0.05) is 0 Å². The lowest BCUT2D eigenvalue weighted by Gasteiger charge is -2.14. The Morgan fingerprint density at radius 3 is 2.35 bits per heavy atom. The molecule has 0 fully saturated rings. The number of nitrogens with one attached hydrogen (secondary N) is 1. The average molecular weight is 334 g/mol. The van der Waals surface area contributed by atoms with E-state index in [-0.39, 0.29) is 0 Å². The van der Waals surface area contributed by atoms with Gasteiger partial charge in [-0.15, -0.1) is 0 Å². The van der Waals surface area contributed by atoms with Crippen molar-refractivity contribution >= 4 is 29.2 Å². The molecule has 0 radical (unpaired) electrons. The molecule has 23 heavy (non-hydrogen) atoms. The smallest absolute Gasteiger partial charge is 0.338 e. The Kier molecular flexibility index (Phi) is 5.60. The van der Waals surface area contributed by atoms with Gasteiger partial charge >= 0.3 is 5.97 Å². The largest absolute Gasteiger partial charge is 0.497 e. The molecule has 120 valence electrons. The number of amides is 1. The van der Waals surface area contributed by atoms with Crippen molar-refractivity contribution in [3.05, 3.63) is 59.1 Å². The van der Waals surface area contributed by atoms with Crippen molar-refractivity contribution < 1.29 is 19.1 Å². The number of benzene rings is 2. The van der Waals surface area contributed by atoms with Crippen LogP contribution in [0.25, 0.3) is 0 Å². The van der Waals surface area contributed by atoms with Crippen LogP contribution < -0.4 is 10.1 Å². The number of methoxy groups -OCH3 is 1. The van der Waals surface area contributed by atoms with Crippen molar-refractivity contribution in [3.63, 3.8) is 0 Å². The monoisotopic (exact) mass is 333 g/mol. The maximum absolute atomic E-state index is 12.1. The van der Waals surface area contributed by atoms with Crippen molar-refractivity contribution in [2.75, 3.05) is 12.4 Å². The highest BCUT2D eigenvalue weighted by Gasteiger charge is 2.19. The van der Waals surface area contributed by atoms with E-state index in [4.69, 9.17) is 21.1 Å². The molecule has 1 N–H and O–H groups in total. The molecule has 0 aliphatic heterocycles. The highest BCUT2D eigenvalue weighted by Crippen LogP contribution is 2.21. The Morgan fingerprint density at radius 1 is 1.09 bits per heavy atom. The summed E-state index contributed by atoms with van der Waals surface area (Å²) in [5.74, 6) is -0.416. The van der Waals surface area contributed by atoms with E-state index in [0.717, 1.165) is 0 Å². The number of halogens is 1. The number of rotatable bonds is 5. The summed E-state index contributed by atoms with van der Waals surface area (Å²) in [5, 5.41) is 3.03. The summed E-state index contributed by atoms with van der Waals surface area (Å²) in [4.78, 5) is 24.1. The number of carbonyl (C=O) groups excluding carboxylic acids is 2. The van der Waals surface area contributed by atoms with Crippen LogP contribution in [-0.2, 0) is 9.53 Å². The van der Waals surface area contributed by atoms with Gasteiger partial charge in [-0.05, 0) is 43.3 Å². The fourth-order valence-electron chi connectivity index (χ4n) is 1.81. The number of hydrogen-bond acceptors (Lipinski definition) is 4. The molecule has 0 unspecified atom stereocenters. The van der Waals surface area contributed by atoms with Crippen molar-refractivity contribution in [1.29, 1.82) is 0 Å². The maximum atomic E-state index is 12.1. The van der Waals surface area contributed by atoms with E-state index in [1.807, 2.05) is 0 Å². The Labute approximate surface area is 139 Å². The fraction of sp³-hybridized carbons (Fsp3) is 0.176. The molecule has 2 rings (SSSR count). The number of para-hydroxylation sites is 1. The Morgan fingerprint density at radius 2 is 1.74 bits per heavy atom. The van der Waals surface area contributed by atoms with Gasteiger partial charge in [-0.3, -0.25) is 4.79 Å². The van der Waals surface area contributed by atoms with E-state index < -0.39 is 18.0 Å². The van der Waals surface area contributed by atoms with Gasteiger partial charge in [-0.1, -0.05) is 23.7 Å². The first-order valence-corrected chi connectivity index (χ1v) is 7.29. The van der Waals surface area contributed by atoms with E-state index >= 15 is 0 Å². The van der Waals surface area contributed by atoms with Gasteiger partial charge < -0.3 is 14.8 Å². The summed E-state index contributed by atoms with van der Waals surface area (Å²) in [6.45, 7) is 1.49. The molecule has 0 spiro atoms. The predicted molar refractivity (Wildman–Crippen MR) is 88.0 cm³/mol. The SMILES string of the molecule is COc1ccc(C(=O)O[C@H](C)C(=O)Nc2ccccc2Cl)cc1. The zero-order chi connectivity index (χ0) is 16.8. The van der Waals surface area contributed by atoms with E-state index in [1.165, 1.54) is 14.0 Å². The number of ether oxygens (including phenoxy) is 2. The summed E-state index contributed by atoms with van der Waals surface area (Å²) in [7, 11) is 1.54. The van der Waals surface area contributed by atoms with Crippen LogP contribution in [-0.4, -0.2) is 25.1 Å². The molecule has 0 heterocycles. The van der Waals surface area contributed by atoms with Gasteiger partial charge in [-0.25, -0.2) is 4.79 Å². The molecule has 0 saturated carbocycles. The second-order valence-corrected chi connectivity index (χ2v) is 5.15. The third-order valence-electron chi connectivity index (χ3n) is 3.11. The minimum Gasteiger partial charge on any atom is -0.497 e. The van der Waals surface area contributed by atoms with Gasteiger partial charge in [0.05, 0.1) is 23.4 Å². The zero-order valence-electron chi connectivity index (χ0n) is 12.7. The maximum Gasteiger partial charge on any atom is 0.338 e. The van der Waals surface area contributed by atoms with Crippen molar-refractivity contribution in [1.82, 2.24) is 0 Å². The lowest BCUT2D eigenvalue weighted by Crippen LogP contribution is -2.30. The molecule has 0 saturated heterocycles. The number of anilines is 1. The number of carbonyl (C=O) groups is 2. The van der Waals surface area contributed by atoms with Crippen LogP contribution >= 0.6 is 11.6 Å². The van der Waals surface area contributed by atoms with Crippen LogP contribution in [0.4, 0.5) is 5.69 Å². The van der Waals surface area contributed by atoms with E-state index in [0.29, 0.717) is 22.0 Å². The Hall–Kier alpha value is -2.53. The summed E-state index contributed by atoms with van der Waals surface area (Å²) in [5.41, 5.74) is 0.801. The van der Waals surface area contributed by atoms with E-state index in [9.17, 15) is 9.59 Å². The Bertz CT molecular complexity index is 700. The molecule has 2 aromatic rings.